The highest BCUT2D eigenvalue weighted by molar-refractivity contribution is 5.89. The quantitative estimate of drug-likeness (QED) is 0.859. The Morgan fingerprint density at radius 3 is 2.52 bits per heavy atom. The van der Waals surface area contributed by atoms with Crippen LogP contribution in [0.2, 0.25) is 0 Å². The van der Waals surface area contributed by atoms with Crippen LogP contribution in [0, 0.1) is 11.8 Å². The Labute approximate surface area is 152 Å². The fourth-order valence-corrected chi connectivity index (χ4v) is 4.36. The molecule has 4 nitrogen and oxygen atoms in total. The smallest absolute Gasteiger partial charge is 0.319 e. The van der Waals surface area contributed by atoms with Crippen molar-refractivity contribution in [2.45, 2.75) is 58.4 Å². The molecule has 2 bridgehead atoms. The molecule has 0 spiro atoms. The first-order valence-corrected chi connectivity index (χ1v) is 9.76. The monoisotopic (exact) mass is 343 g/mol. The number of amides is 2. The summed E-state index contributed by atoms with van der Waals surface area (Å²) >= 11 is 0. The topological polar surface area (TPSA) is 44.4 Å². The summed E-state index contributed by atoms with van der Waals surface area (Å²) < 4.78 is 0. The summed E-state index contributed by atoms with van der Waals surface area (Å²) in [6.07, 6.45) is 3.85. The van der Waals surface area contributed by atoms with E-state index in [2.05, 4.69) is 55.4 Å². The molecule has 3 aliphatic heterocycles. The Balaban J connectivity index is 1.47. The number of carbonyl (C=O) groups excluding carboxylic acids is 1. The number of benzene rings is 1. The van der Waals surface area contributed by atoms with Gasteiger partial charge >= 0.3 is 6.03 Å². The molecule has 4 rings (SSSR count). The Hall–Kier alpha value is -1.55. The van der Waals surface area contributed by atoms with E-state index in [1.54, 1.807) is 0 Å². The SMILES string of the molecule is CC[C@H]1CN2CC[C@H]1C[C@@H]2CNC(=O)Nc1ccc(C(C)(C)C)cc1. The standard InChI is InChI=1S/C21H33N3O/c1-5-15-14-24-11-10-16(15)12-19(24)13-22-20(25)23-18-8-6-17(7-9-18)21(2,3)4/h6-9,15-16,19H,5,10-14H2,1-4H3,(H2,22,23,25)/t15-,16-,19+/m0/s1. The summed E-state index contributed by atoms with van der Waals surface area (Å²) in [5.41, 5.74) is 2.25. The maximum atomic E-state index is 12.2. The van der Waals surface area contributed by atoms with Crippen LogP contribution in [0.3, 0.4) is 0 Å². The molecule has 25 heavy (non-hydrogen) atoms. The highest BCUT2D eigenvalue weighted by atomic mass is 16.2. The van der Waals surface area contributed by atoms with Gasteiger partial charge in [-0.05, 0) is 54.3 Å². The third-order valence-corrected chi connectivity index (χ3v) is 6.05. The lowest BCUT2D eigenvalue weighted by atomic mass is 9.74. The third-order valence-electron chi connectivity index (χ3n) is 6.05. The molecule has 2 N–H and O–H groups in total. The van der Waals surface area contributed by atoms with E-state index in [9.17, 15) is 4.79 Å². The lowest BCUT2D eigenvalue weighted by Crippen LogP contribution is -2.56. The zero-order valence-electron chi connectivity index (χ0n) is 16.1. The summed E-state index contributed by atoms with van der Waals surface area (Å²) in [6, 6.07) is 8.56. The van der Waals surface area contributed by atoms with Gasteiger partial charge in [0.15, 0.2) is 0 Å². The number of carbonyl (C=O) groups is 1. The molecule has 3 fully saturated rings. The number of hydrogen-bond donors (Lipinski definition) is 2. The first kappa shape index (κ1) is 18.2. The van der Waals surface area contributed by atoms with Crippen molar-refractivity contribution in [3.8, 4) is 0 Å². The van der Waals surface area contributed by atoms with Gasteiger partial charge in [-0.25, -0.2) is 4.79 Å². The predicted molar refractivity (Wildman–Crippen MR) is 104 cm³/mol. The van der Waals surface area contributed by atoms with Gasteiger partial charge in [0.1, 0.15) is 0 Å². The van der Waals surface area contributed by atoms with Crippen LogP contribution in [-0.2, 0) is 5.41 Å². The number of fused-ring (bicyclic) bond motifs is 3. The highest BCUT2D eigenvalue weighted by Gasteiger charge is 2.38. The van der Waals surface area contributed by atoms with Crippen LogP contribution >= 0.6 is 0 Å². The largest absolute Gasteiger partial charge is 0.336 e. The van der Waals surface area contributed by atoms with Crippen molar-refractivity contribution in [2.75, 3.05) is 25.0 Å². The molecule has 2 amide bonds. The number of rotatable bonds is 4. The molecule has 4 heteroatoms. The first-order valence-electron chi connectivity index (χ1n) is 9.76. The molecule has 1 aromatic carbocycles. The number of nitrogens with one attached hydrogen (secondary N) is 2. The molecule has 138 valence electrons. The minimum Gasteiger partial charge on any atom is -0.336 e. The summed E-state index contributed by atoms with van der Waals surface area (Å²) in [7, 11) is 0. The predicted octanol–water partition coefficient (Wildman–Crippen LogP) is 4.23. The molecule has 0 saturated carbocycles. The summed E-state index contributed by atoms with van der Waals surface area (Å²) in [4.78, 5) is 14.8. The number of nitrogens with zero attached hydrogens (tertiary/aromatic N) is 1. The van der Waals surface area contributed by atoms with E-state index in [1.165, 1.54) is 37.9 Å². The van der Waals surface area contributed by atoms with E-state index in [-0.39, 0.29) is 11.4 Å². The Morgan fingerprint density at radius 1 is 1.24 bits per heavy atom. The lowest BCUT2D eigenvalue weighted by molar-refractivity contribution is 0.00159. The number of hydrogen-bond acceptors (Lipinski definition) is 2. The molecule has 0 aromatic heterocycles. The average molecular weight is 344 g/mol. The van der Waals surface area contributed by atoms with Gasteiger partial charge < -0.3 is 10.6 Å². The Kier molecular flexibility index (Phi) is 5.38. The van der Waals surface area contributed by atoms with Crippen molar-refractivity contribution in [3.05, 3.63) is 29.8 Å². The van der Waals surface area contributed by atoms with E-state index in [0.29, 0.717) is 6.04 Å². The van der Waals surface area contributed by atoms with Crippen molar-refractivity contribution >= 4 is 11.7 Å². The van der Waals surface area contributed by atoms with Crippen molar-refractivity contribution in [1.82, 2.24) is 10.2 Å². The van der Waals surface area contributed by atoms with Gasteiger partial charge in [-0.1, -0.05) is 46.2 Å². The zero-order chi connectivity index (χ0) is 18.0. The minimum absolute atomic E-state index is 0.0989. The Bertz CT molecular complexity index is 590. The van der Waals surface area contributed by atoms with Crippen molar-refractivity contribution in [2.24, 2.45) is 11.8 Å². The summed E-state index contributed by atoms with van der Waals surface area (Å²) in [5, 5.41) is 6.03. The third kappa shape index (κ3) is 4.35. The molecule has 0 radical (unpaired) electrons. The second-order valence-electron chi connectivity index (χ2n) is 8.76. The molecule has 1 aromatic rings. The number of urea groups is 1. The van der Waals surface area contributed by atoms with Gasteiger partial charge in [0.05, 0.1) is 0 Å². The molecule has 3 saturated heterocycles. The minimum atomic E-state index is -0.0989. The zero-order valence-corrected chi connectivity index (χ0v) is 16.1. The molecule has 3 aliphatic rings. The fourth-order valence-electron chi connectivity index (χ4n) is 4.36. The fraction of sp³-hybridized carbons (Fsp3) is 0.667. The van der Waals surface area contributed by atoms with Crippen LogP contribution in [0.5, 0.6) is 0 Å². The molecular weight excluding hydrogens is 310 g/mol. The van der Waals surface area contributed by atoms with E-state index < -0.39 is 0 Å². The van der Waals surface area contributed by atoms with Gasteiger partial charge in [-0.15, -0.1) is 0 Å². The molecule has 3 heterocycles. The maximum absolute atomic E-state index is 12.2. The van der Waals surface area contributed by atoms with Gasteiger partial charge in [0, 0.05) is 24.8 Å². The average Bonchev–Trinajstić information content (AvgIpc) is 2.60. The van der Waals surface area contributed by atoms with Crippen LogP contribution in [0.15, 0.2) is 24.3 Å². The molecule has 0 aliphatic carbocycles. The van der Waals surface area contributed by atoms with Gasteiger partial charge in [-0.2, -0.15) is 0 Å². The molecular formula is C21H33N3O. The van der Waals surface area contributed by atoms with Crippen LogP contribution in [-0.4, -0.2) is 36.6 Å². The van der Waals surface area contributed by atoms with E-state index in [1.807, 2.05) is 12.1 Å². The van der Waals surface area contributed by atoms with E-state index in [4.69, 9.17) is 0 Å². The van der Waals surface area contributed by atoms with Crippen LogP contribution < -0.4 is 10.6 Å². The Morgan fingerprint density at radius 2 is 1.96 bits per heavy atom. The summed E-state index contributed by atoms with van der Waals surface area (Å²) in [5.74, 6) is 1.72. The van der Waals surface area contributed by atoms with Gasteiger partial charge in [-0.3, -0.25) is 4.90 Å². The van der Waals surface area contributed by atoms with Gasteiger partial charge in [0.2, 0.25) is 0 Å². The summed E-state index contributed by atoms with van der Waals surface area (Å²) in [6.45, 7) is 12.0. The van der Waals surface area contributed by atoms with Crippen molar-refractivity contribution in [3.63, 3.8) is 0 Å². The maximum Gasteiger partial charge on any atom is 0.319 e. The van der Waals surface area contributed by atoms with Crippen LogP contribution in [0.4, 0.5) is 10.5 Å². The molecule has 1 unspecified atom stereocenters. The van der Waals surface area contributed by atoms with Gasteiger partial charge in [0.25, 0.3) is 0 Å². The normalized spacial score (nSPS) is 28.6. The number of anilines is 1. The second-order valence-corrected chi connectivity index (χ2v) is 8.76. The lowest BCUT2D eigenvalue weighted by Gasteiger charge is -2.49. The van der Waals surface area contributed by atoms with Crippen LogP contribution in [0.1, 0.15) is 52.5 Å². The van der Waals surface area contributed by atoms with Crippen LogP contribution in [0.25, 0.3) is 0 Å². The van der Waals surface area contributed by atoms with E-state index in [0.717, 1.165) is 24.1 Å². The first-order chi connectivity index (χ1) is 11.9. The number of piperidine rings is 3. The van der Waals surface area contributed by atoms with Crippen molar-refractivity contribution in [1.29, 1.82) is 0 Å². The highest BCUT2D eigenvalue weighted by Crippen LogP contribution is 2.37. The molecule has 4 atom stereocenters. The van der Waals surface area contributed by atoms with E-state index >= 15 is 0 Å². The van der Waals surface area contributed by atoms with Crippen molar-refractivity contribution < 1.29 is 4.79 Å². The second kappa shape index (κ2) is 7.36.